The molecule has 0 spiro atoms. The molecule has 0 aliphatic heterocycles. The molecule has 0 bridgehead atoms. The zero-order valence-corrected chi connectivity index (χ0v) is 13.7. The second kappa shape index (κ2) is 11.6. The molecular formula is C19H27NO2. The molecule has 0 heterocycles. The number of ether oxygens (including phenoxy) is 1. The summed E-state index contributed by atoms with van der Waals surface area (Å²) in [6, 6.07) is 7.89. The van der Waals surface area contributed by atoms with Crippen molar-refractivity contribution in [2.24, 2.45) is 0 Å². The summed E-state index contributed by atoms with van der Waals surface area (Å²) in [5.74, 6) is 0.799. The van der Waals surface area contributed by atoms with Crippen LogP contribution in [0.15, 0.2) is 48.6 Å². The van der Waals surface area contributed by atoms with Crippen LogP contribution in [0, 0.1) is 0 Å². The quantitative estimate of drug-likeness (QED) is 0.402. The SMILES string of the molecule is CCCCCC=CC=CC(=O)NCCc1ccc(OC)cc1. The Labute approximate surface area is 134 Å². The molecule has 0 aliphatic rings. The highest BCUT2D eigenvalue weighted by atomic mass is 16.5. The summed E-state index contributed by atoms with van der Waals surface area (Å²) in [7, 11) is 1.65. The average molecular weight is 301 g/mol. The molecule has 0 aromatic heterocycles. The van der Waals surface area contributed by atoms with Gasteiger partial charge < -0.3 is 10.1 Å². The van der Waals surface area contributed by atoms with E-state index in [-0.39, 0.29) is 5.91 Å². The van der Waals surface area contributed by atoms with Gasteiger partial charge in [0.05, 0.1) is 7.11 Å². The summed E-state index contributed by atoms with van der Waals surface area (Å²) in [6.45, 7) is 2.83. The highest BCUT2D eigenvalue weighted by Gasteiger charge is 1.97. The van der Waals surface area contributed by atoms with Gasteiger partial charge in [-0.2, -0.15) is 0 Å². The van der Waals surface area contributed by atoms with E-state index in [1.807, 2.05) is 30.3 Å². The fraction of sp³-hybridized carbons (Fsp3) is 0.421. The van der Waals surface area contributed by atoms with Gasteiger partial charge >= 0.3 is 0 Å². The van der Waals surface area contributed by atoms with Gasteiger partial charge in [-0.1, -0.05) is 50.1 Å². The summed E-state index contributed by atoms with van der Waals surface area (Å²) in [4.78, 5) is 11.6. The van der Waals surface area contributed by atoms with E-state index in [0.29, 0.717) is 6.54 Å². The van der Waals surface area contributed by atoms with E-state index in [4.69, 9.17) is 4.74 Å². The second-order valence-corrected chi connectivity index (χ2v) is 5.17. The molecule has 0 atom stereocenters. The lowest BCUT2D eigenvalue weighted by atomic mass is 10.1. The summed E-state index contributed by atoms with van der Waals surface area (Å²) in [5, 5.41) is 2.88. The molecule has 0 saturated heterocycles. The van der Waals surface area contributed by atoms with Crippen molar-refractivity contribution in [3.63, 3.8) is 0 Å². The monoisotopic (exact) mass is 301 g/mol. The number of unbranched alkanes of at least 4 members (excludes halogenated alkanes) is 3. The first-order chi connectivity index (χ1) is 10.8. The number of benzene rings is 1. The van der Waals surface area contributed by atoms with Gasteiger partial charge in [-0.3, -0.25) is 4.79 Å². The van der Waals surface area contributed by atoms with Crippen LogP contribution in [0.25, 0.3) is 0 Å². The topological polar surface area (TPSA) is 38.3 Å². The summed E-state index contributed by atoms with van der Waals surface area (Å²) < 4.78 is 5.11. The highest BCUT2D eigenvalue weighted by molar-refractivity contribution is 5.87. The van der Waals surface area contributed by atoms with Crippen LogP contribution in [-0.4, -0.2) is 19.6 Å². The summed E-state index contributed by atoms with van der Waals surface area (Å²) >= 11 is 0. The molecule has 0 radical (unpaired) electrons. The van der Waals surface area contributed by atoms with Crippen LogP contribution in [-0.2, 0) is 11.2 Å². The van der Waals surface area contributed by atoms with Crippen molar-refractivity contribution >= 4 is 5.91 Å². The predicted molar refractivity (Wildman–Crippen MR) is 92.1 cm³/mol. The number of rotatable bonds is 10. The van der Waals surface area contributed by atoms with Crippen molar-refractivity contribution in [3.05, 3.63) is 54.1 Å². The lowest BCUT2D eigenvalue weighted by molar-refractivity contribution is -0.116. The third-order valence-corrected chi connectivity index (χ3v) is 3.34. The molecule has 22 heavy (non-hydrogen) atoms. The van der Waals surface area contributed by atoms with E-state index < -0.39 is 0 Å². The molecule has 0 saturated carbocycles. The Kier molecular flexibility index (Phi) is 9.51. The molecule has 3 nitrogen and oxygen atoms in total. The number of hydrogen-bond donors (Lipinski definition) is 1. The molecule has 1 aromatic carbocycles. The highest BCUT2D eigenvalue weighted by Crippen LogP contribution is 2.11. The van der Waals surface area contributed by atoms with Crippen LogP contribution in [0.3, 0.4) is 0 Å². The first-order valence-electron chi connectivity index (χ1n) is 8.00. The standard InChI is InChI=1S/C19H27NO2/c1-3-4-5-6-7-8-9-10-19(21)20-16-15-17-11-13-18(22-2)14-12-17/h7-14H,3-6,15-16H2,1-2H3,(H,20,21). The molecule has 0 aliphatic carbocycles. The van der Waals surface area contributed by atoms with Gasteiger partial charge in [-0.05, 0) is 37.0 Å². The molecule has 3 heteroatoms. The largest absolute Gasteiger partial charge is 0.497 e. The van der Waals surface area contributed by atoms with Crippen LogP contribution in [0.2, 0.25) is 0 Å². The Morgan fingerprint density at radius 1 is 1.18 bits per heavy atom. The molecular weight excluding hydrogens is 274 g/mol. The Hall–Kier alpha value is -2.03. The maximum Gasteiger partial charge on any atom is 0.243 e. The number of amides is 1. The number of carbonyl (C=O) groups excluding carboxylic acids is 1. The maximum atomic E-state index is 11.6. The van der Waals surface area contributed by atoms with E-state index >= 15 is 0 Å². The van der Waals surface area contributed by atoms with Gasteiger partial charge in [0.15, 0.2) is 0 Å². The number of nitrogens with one attached hydrogen (secondary N) is 1. The zero-order valence-electron chi connectivity index (χ0n) is 13.7. The van der Waals surface area contributed by atoms with Crippen LogP contribution >= 0.6 is 0 Å². The number of allylic oxidation sites excluding steroid dienone is 3. The van der Waals surface area contributed by atoms with Crippen LogP contribution in [0.5, 0.6) is 5.75 Å². The molecule has 1 amide bonds. The number of methoxy groups -OCH3 is 1. The Morgan fingerprint density at radius 2 is 1.95 bits per heavy atom. The first-order valence-corrected chi connectivity index (χ1v) is 8.00. The van der Waals surface area contributed by atoms with Crippen LogP contribution in [0.1, 0.15) is 38.2 Å². The molecule has 120 valence electrons. The number of carbonyl (C=O) groups is 1. The Bertz CT molecular complexity index is 475. The lowest BCUT2D eigenvalue weighted by Gasteiger charge is -2.04. The molecule has 1 rings (SSSR count). The van der Waals surface area contributed by atoms with Gasteiger partial charge in [0.25, 0.3) is 0 Å². The summed E-state index contributed by atoms with van der Waals surface area (Å²) in [6.07, 6.45) is 13.0. The molecule has 0 unspecified atom stereocenters. The van der Waals surface area contributed by atoms with Crippen LogP contribution < -0.4 is 10.1 Å². The van der Waals surface area contributed by atoms with Gasteiger partial charge in [-0.15, -0.1) is 0 Å². The number of hydrogen-bond acceptors (Lipinski definition) is 2. The van der Waals surface area contributed by atoms with Crippen molar-refractivity contribution in [3.8, 4) is 5.75 Å². The van der Waals surface area contributed by atoms with Crippen molar-refractivity contribution in [2.45, 2.75) is 39.0 Å². The smallest absolute Gasteiger partial charge is 0.243 e. The molecule has 1 aromatic rings. The van der Waals surface area contributed by atoms with E-state index in [1.54, 1.807) is 19.3 Å². The normalized spacial score (nSPS) is 11.2. The second-order valence-electron chi connectivity index (χ2n) is 5.17. The third kappa shape index (κ3) is 8.30. The van der Waals surface area contributed by atoms with Gasteiger partial charge in [0, 0.05) is 12.6 Å². The van der Waals surface area contributed by atoms with Gasteiger partial charge in [0.1, 0.15) is 5.75 Å². The third-order valence-electron chi connectivity index (χ3n) is 3.34. The fourth-order valence-corrected chi connectivity index (χ4v) is 2.01. The fourth-order valence-electron chi connectivity index (χ4n) is 2.01. The van der Waals surface area contributed by atoms with Crippen molar-refractivity contribution in [2.75, 3.05) is 13.7 Å². The van der Waals surface area contributed by atoms with Crippen molar-refractivity contribution < 1.29 is 9.53 Å². The van der Waals surface area contributed by atoms with Gasteiger partial charge in [-0.25, -0.2) is 0 Å². The van der Waals surface area contributed by atoms with Gasteiger partial charge in [0.2, 0.25) is 5.91 Å². The molecule has 0 fully saturated rings. The first kappa shape index (κ1) is 18.0. The van der Waals surface area contributed by atoms with Crippen molar-refractivity contribution in [1.82, 2.24) is 5.32 Å². The maximum absolute atomic E-state index is 11.6. The lowest BCUT2D eigenvalue weighted by Crippen LogP contribution is -2.23. The Morgan fingerprint density at radius 3 is 2.64 bits per heavy atom. The zero-order chi connectivity index (χ0) is 16.0. The van der Waals surface area contributed by atoms with E-state index in [2.05, 4.69) is 18.3 Å². The van der Waals surface area contributed by atoms with E-state index in [1.165, 1.54) is 24.8 Å². The Balaban J connectivity index is 2.16. The minimum atomic E-state index is -0.0493. The van der Waals surface area contributed by atoms with Crippen molar-refractivity contribution in [1.29, 1.82) is 0 Å². The predicted octanol–water partition coefficient (Wildman–Crippen LogP) is 4.05. The van der Waals surface area contributed by atoms with Crippen LogP contribution in [0.4, 0.5) is 0 Å². The minimum Gasteiger partial charge on any atom is -0.497 e. The summed E-state index contributed by atoms with van der Waals surface area (Å²) in [5.41, 5.74) is 1.18. The van der Waals surface area contributed by atoms with E-state index in [0.717, 1.165) is 18.6 Å². The molecule has 1 N–H and O–H groups in total. The van der Waals surface area contributed by atoms with E-state index in [9.17, 15) is 4.79 Å². The average Bonchev–Trinajstić information content (AvgIpc) is 2.54. The minimum absolute atomic E-state index is 0.0493.